The van der Waals surface area contributed by atoms with Gasteiger partial charge in [0.25, 0.3) is 5.69 Å². The molecular weight excluding hydrogens is 362 g/mol. The van der Waals surface area contributed by atoms with E-state index in [0.717, 1.165) is 6.07 Å². The first-order valence-corrected chi connectivity index (χ1v) is 8.67. The molecule has 1 saturated heterocycles. The van der Waals surface area contributed by atoms with E-state index in [9.17, 15) is 18.5 Å². The lowest BCUT2D eigenvalue weighted by atomic mass is 10.1. The summed E-state index contributed by atoms with van der Waals surface area (Å²) in [6, 6.07) is 2.53. The van der Waals surface area contributed by atoms with Crippen LogP contribution in [0.3, 0.4) is 0 Å². The van der Waals surface area contributed by atoms with Crippen LogP contribution in [0.4, 0.5) is 5.69 Å². The molecule has 116 valence electrons. The number of benzene rings is 1. The van der Waals surface area contributed by atoms with Gasteiger partial charge >= 0.3 is 0 Å². The second-order valence-electron chi connectivity index (χ2n) is 5.05. The second kappa shape index (κ2) is 5.99. The van der Waals surface area contributed by atoms with Gasteiger partial charge in [-0.25, -0.2) is 8.42 Å². The Morgan fingerprint density at radius 2 is 1.95 bits per heavy atom. The zero-order chi connectivity index (χ0) is 15.8. The summed E-state index contributed by atoms with van der Waals surface area (Å²) < 4.78 is 26.9. The molecule has 7 nitrogen and oxygen atoms in total. The Balaban J connectivity index is 2.43. The molecule has 21 heavy (non-hydrogen) atoms. The maximum absolute atomic E-state index is 12.6. The number of hydrogen-bond acceptors (Lipinski definition) is 5. The zero-order valence-corrected chi connectivity index (χ0v) is 13.9. The molecule has 0 atom stereocenters. The quantitative estimate of drug-likeness (QED) is 0.637. The molecule has 0 radical (unpaired) electrons. The van der Waals surface area contributed by atoms with Crippen molar-refractivity contribution >= 4 is 31.6 Å². The molecule has 1 heterocycles. The van der Waals surface area contributed by atoms with E-state index in [4.69, 9.17) is 5.73 Å². The zero-order valence-electron chi connectivity index (χ0n) is 11.5. The molecule has 0 saturated carbocycles. The van der Waals surface area contributed by atoms with Crippen molar-refractivity contribution in [2.45, 2.75) is 30.7 Å². The molecule has 1 fully saturated rings. The first kappa shape index (κ1) is 16.3. The summed E-state index contributed by atoms with van der Waals surface area (Å²) in [6.07, 6.45) is 1.18. The fourth-order valence-corrected chi connectivity index (χ4v) is 4.36. The minimum absolute atomic E-state index is 0.00976. The number of nitro groups is 1. The highest BCUT2D eigenvalue weighted by molar-refractivity contribution is 9.10. The third-order valence-electron chi connectivity index (χ3n) is 3.62. The molecule has 1 aliphatic heterocycles. The summed E-state index contributed by atoms with van der Waals surface area (Å²) in [5.41, 5.74) is 5.96. The largest absolute Gasteiger partial charge is 0.328 e. The van der Waals surface area contributed by atoms with Crippen molar-refractivity contribution in [1.82, 2.24) is 4.31 Å². The van der Waals surface area contributed by atoms with Crippen LogP contribution >= 0.6 is 15.9 Å². The van der Waals surface area contributed by atoms with Crippen LogP contribution in [-0.4, -0.2) is 36.8 Å². The van der Waals surface area contributed by atoms with Crippen molar-refractivity contribution in [1.29, 1.82) is 0 Å². The third kappa shape index (κ3) is 3.25. The SMILES string of the molecule is Cc1c(Br)cc(S(=O)(=O)N2CCC(N)CC2)cc1[N+](=O)[O-]. The van der Waals surface area contributed by atoms with Gasteiger partial charge in [0.05, 0.1) is 9.82 Å². The Bertz CT molecular complexity index is 669. The fraction of sp³-hybridized carbons (Fsp3) is 0.500. The summed E-state index contributed by atoms with van der Waals surface area (Å²) in [7, 11) is -3.74. The van der Waals surface area contributed by atoms with Crippen LogP contribution in [0.5, 0.6) is 0 Å². The highest BCUT2D eigenvalue weighted by Crippen LogP contribution is 2.31. The van der Waals surface area contributed by atoms with E-state index in [1.165, 1.54) is 10.4 Å². The minimum Gasteiger partial charge on any atom is -0.328 e. The van der Waals surface area contributed by atoms with Gasteiger partial charge in [-0.05, 0) is 25.8 Å². The topological polar surface area (TPSA) is 107 Å². The molecule has 2 N–H and O–H groups in total. The van der Waals surface area contributed by atoms with Crippen molar-refractivity contribution in [2.75, 3.05) is 13.1 Å². The number of rotatable bonds is 3. The molecule has 1 aromatic carbocycles. The third-order valence-corrected chi connectivity index (χ3v) is 6.32. The highest BCUT2D eigenvalue weighted by atomic mass is 79.9. The molecule has 9 heteroatoms. The lowest BCUT2D eigenvalue weighted by molar-refractivity contribution is -0.385. The van der Waals surface area contributed by atoms with Gasteiger partial charge in [0.2, 0.25) is 10.0 Å². The number of nitrogens with zero attached hydrogens (tertiary/aromatic N) is 2. The van der Waals surface area contributed by atoms with Gasteiger partial charge in [-0.15, -0.1) is 0 Å². The molecule has 1 aliphatic rings. The fourth-order valence-electron chi connectivity index (χ4n) is 2.24. The lowest BCUT2D eigenvalue weighted by Gasteiger charge is -2.29. The van der Waals surface area contributed by atoms with Crippen molar-refractivity contribution in [3.8, 4) is 0 Å². The van der Waals surface area contributed by atoms with Gasteiger partial charge in [0.15, 0.2) is 0 Å². The smallest absolute Gasteiger partial charge is 0.274 e. The van der Waals surface area contributed by atoms with E-state index in [-0.39, 0.29) is 16.6 Å². The number of piperidine rings is 1. The number of halogens is 1. The average molecular weight is 378 g/mol. The molecule has 0 spiro atoms. The van der Waals surface area contributed by atoms with Gasteiger partial charge in [-0.1, -0.05) is 15.9 Å². The van der Waals surface area contributed by atoms with E-state index in [1.54, 1.807) is 6.92 Å². The van der Waals surface area contributed by atoms with Crippen molar-refractivity contribution < 1.29 is 13.3 Å². The van der Waals surface area contributed by atoms with Crippen LogP contribution in [0.15, 0.2) is 21.5 Å². The second-order valence-corrected chi connectivity index (χ2v) is 7.84. The molecule has 0 amide bonds. The van der Waals surface area contributed by atoms with Gasteiger partial charge in [0, 0.05) is 35.2 Å². The standard InChI is InChI=1S/C12H16BrN3O4S/c1-8-11(13)6-10(7-12(8)16(17)18)21(19,20)15-4-2-9(14)3-5-15/h6-7,9H,2-5,14H2,1H3. The maximum Gasteiger partial charge on any atom is 0.274 e. The summed E-state index contributed by atoms with van der Waals surface area (Å²) in [5, 5.41) is 11.0. The Kier molecular flexibility index (Phi) is 4.66. The van der Waals surface area contributed by atoms with Crippen molar-refractivity contribution in [3.05, 3.63) is 32.3 Å². The van der Waals surface area contributed by atoms with Crippen LogP contribution in [-0.2, 0) is 10.0 Å². The predicted molar refractivity (Wildman–Crippen MR) is 81.5 cm³/mol. The van der Waals surface area contributed by atoms with Crippen LogP contribution in [0.25, 0.3) is 0 Å². The van der Waals surface area contributed by atoms with E-state index in [2.05, 4.69) is 15.9 Å². The Morgan fingerprint density at radius 1 is 1.38 bits per heavy atom. The molecule has 2 rings (SSSR count). The Morgan fingerprint density at radius 3 is 2.48 bits per heavy atom. The predicted octanol–water partition coefficient (Wildman–Crippen LogP) is 1.78. The number of hydrogen-bond donors (Lipinski definition) is 1. The first-order valence-electron chi connectivity index (χ1n) is 6.43. The van der Waals surface area contributed by atoms with Crippen LogP contribution in [0.1, 0.15) is 18.4 Å². The van der Waals surface area contributed by atoms with E-state index in [1.807, 2.05) is 0 Å². The van der Waals surface area contributed by atoms with Crippen LogP contribution in [0, 0.1) is 17.0 Å². The lowest BCUT2D eigenvalue weighted by Crippen LogP contribution is -2.42. The summed E-state index contributed by atoms with van der Waals surface area (Å²) in [5.74, 6) is 0. The van der Waals surface area contributed by atoms with E-state index >= 15 is 0 Å². The summed E-state index contributed by atoms with van der Waals surface area (Å²) in [6.45, 7) is 2.24. The molecule has 0 aliphatic carbocycles. The van der Waals surface area contributed by atoms with E-state index in [0.29, 0.717) is 36.0 Å². The van der Waals surface area contributed by atoms with E-state index < -0.39 is 14.9 Å². The average Bonchev–Trinajstić information content (AvgIpc) is 2.41. The van der Waals surface area contributed by atoms with Gasteiger partial charge in [-0.3, -0.25) is 10.1 Å². The summed E-state index contributed by atoms with van der Waals surface area (Å²) >= 11 is 3.18. The van der Waals surface area contributed by atoms with Crippen LogP contribution < -0.4 is 5.73 Å². The molecule has 0 aromatic heterocycles. The van der Waals surface area contributed by atoms with Crippen molar-refractivity contribution in [3.63, 3.8) is 0 Å². The number of sulfonamides is 1. The molecule has 0 unspecified atom stereocenters. The van der Waals surface area contributed by atoms with Gasteiger partial charge in [-0.2, -0.15) is 4.31 Å². The number of nitro benzene ring substituents is 1. The van der Waals surface area contributed by atoms with Crippen molar-refractivity contribution in [2.24, 2.45) is 5.73 Å². The molecule has 0 bridgehead atoms. The van der Waals surface area contributed by atoms with Gasteiger partial charge < -0.3 is 5.73 Å². The Labute approximate surface area is 131 Å². The molecular formula is C12H16BrN3O4S. The normalized spacial score (nSPS) is 17.9. The highest BCUT2D eigenvalue weighted by Gasteiger charge is 2.30. The molecule has 1 aromatic rings. The van der Waals surface area contributed by atoms with Crippen LogP contribution in [0.2, 0.25) is 0 Å². The number of nitrogens with two attached hydrogens (primary N) is 1. The first-order chi connectivity index (χ1) is 9.73. The minimum atomic E-state index is -3.74. The van der Waals surface area contributed by atoms with Gasteiger partial charge in [0.1, 0.15) is 0 Å². The monoisotopic (exact) mass is 377 g/mol. The maximum atomic E-state index is 12.6. The summed E-state index contributed by atoms with van der Waals surface area (Å²) in [4.78, 5) is 10.4. The Hall–Kier alpha value is -1.03.